The molecule has 2 aliphatic heterocycles. The molecule has 11 heteroatoms. The summed E-state index contributed by atoms with van der Waals surface area (Å²) >= 11 is 0. The summed E-state index contributed by atoms with van der Waals surface area (Å²) in [5, 5.41) is 20.8. The number of carbonyl (C=O) groups excluding carboxylic acids is 3. The van der Waals surface area contributed by atoms with Gasteiger partial charge in [-0.15, -0.1) is 0 Å². The van der Waals surface area contributed by atoms with Gasteiger partial charge in [0.05, 0.1) is 24.5 Å². The molecule has 50 heavy (non-hydrogen) atoms. The van der Waals surface area contributed by atoms with Crippen molar-refractivity contribution in [1.82, 2.24) is 0 Å². The number of hydrogen-bond acceptors (Lipinski definition) is 10. The molecule has 5 saturated carbocycles. The second kappa shape index (κ2) is 10.9. The van der Waals surface area contributed by atoms with Gasteiger partial charge in [-0.3, -0.25) is 19.2 Å². The van der Waals surface area contributed by atoms with Crippen molar-refractivity contribution in [2.24, 2.45) is 50.7 Å². The van der Waals surface area contributed by atoms with Crippen LogP contribution in [-0.2, 0) is 42.9 Å². The monoisotopic (exact) mass is 702 g/mol. The minimum atomic E-state index is -1.28. The first-order chi connectivity index (χ1) is 23.1. The van der Waals surface area contributed by atoms with Crippen LogP contribution in [0, 0.1) is 50.7 Å². The van der Waals surface area contributed by atoms with Gasteiger partial charge in [0.2, 0.25) is 0 Å². The van der Waals surface area contributed by atoms with E-state index in [1.807, 2.05) is 0 Å². The molecule has 0 aromatic carbocycles. The standard InChI is InChI=1S/C39H58O11/c1-21(31(43)44)18-27(42)49-26-12-13-36-19-37(36)15-16-38-20-46-39(33(6,7)45)17-14-34(8,50-39)29(38)28(47-22(2)40)30(48-23(3)41)35(38,9)25(37)11-10-24(36)32(26,4)5/h21,24-26,28-30,45H,10-20H2,1-9H3,(H,43,44)/t21?,24?,25?,26?,28?,29-,30?,34?,35-,36-,37+,38+,39+/m1/s1. The topological polar surface area (TPSA) is 155 Å². The highest BCUT2D eigenvalue weighted by Gasteiger charge is 2.88. The summed E-state index contributed by atoms with van der Waals surface area (Å²) in [6.07, 6.45) is 5.37. The number of carbonyl (C=O) groups is 4. The van der Waals surface area contributed by atoms with Crippen LogP contribution in [0.5, 0.6) is 0 Å². The van der Waals surface area contributed by atoms with E-state index in [4.69, 9.17) is 23.7 Å². The molecule has 13 atom stereocenters. The fourth-order valence-corrected chi connectivity index (χ4v) is 13.9. The number of esters is 3. The van der Waals surface area contributed by atoms with Crippen molar-refractivity contribution >= 4 is 23.9 Å². The molecule has 2 bridgehead atoms. The predicted octanol–water partition coefficient (Wildman–Crippen LogP) is 5.58. The molecule has 5 aliphatic carbocycles. The van der Waals surface area contributed by atoms with Gasteiger partial charge in [0.25, 0.3) is 0 Å². The molecule has 11 nitrogen and oxygen atoms in total. The quantitative estimate of drug-likeness (QED) is 0.253. The first-order valence-corrected chi connectivity index (χ1v) is 18.9. The van der Waals surface area contributed by atoms with Crippen molar-refractivity contribution in [1.29, 1.82) is 0 Å². The molecule has 3 spiro atoms. The van der Waals surface area contributed by atoms with Crippen molar-refractivity contribution in [2.75, 3.05) is 6.61 Å². The van der Waals surface area contributed by atoms with Crippen molar-refractivity contribution in [3.8, 4) is 0 Å². The molecule has 2 N–H and O–H groups in total. The van der Waals surface area contributed by atoms with Crippen LogP contribution in [0.25, 0.3) is 0 Å². The maximum absolute atomic E-state index is 13.0. The summed E-state index contributed by atoms with van der Waals surface area (Å²) in [5.41, 5.74) is -3.61. The number of fused-ring (bicyclic) bond motifs is 4. The van der Waals surface area contributed by atoms with Gasteiger partial charge in [0.1, 0.15) is 23.9 Å². The lowest BCUT2D eigenvalue weighted by molar-refractivity contribution is -0.316. The zero-order chi connectivity index (χ0) is 36.7. The van der Waals surface area contributed by atoms with Crippen molar-refractivity contribution in [3.05, 3.63) is 0 Å². The van der Waals surface area contributed by atoms with E-state index in [0.29, 0.717) is 31.8 Å². The normalized spacial score (nSPS) is 48.7. The van der Waals surface area contributed by atoms with Gasteiger partial charge in [-0.05, 0) is 94.8 Å². The number of aliphatic hydroxyl groups is 1. The number of hydrogen-bond donors (Lipinski definition) is 2. The Hall–Kier alpha value is -2.24. The summed E-state index contributed by atoms with van der Waals surface area (Å²) < 4.78 is 32.6. The van der Waals surface area contributed by atoms with E-state index in [1.54, 1.807) is 13.8 Å². The van der Waals surface area contributed by atoms with Gasteiger partial charge in [-0.25, -0.2) is 0 Å². The average Bonchev–Trinajstić information content (AvgIpc) is 3.48. The lowest BCUT2D eigenvalue weighted by Gasteiger charge is -2.64. The third-order valence-corrected chi connectivity index (χ3v) is 16.0. The van der Waals surface area contributed by atoms with Crippen LogP contribution in [-0.4, -0.2) is 76.0 Å². The Balaban J connectivity index is 1.28. The summed E-state index contributed by atoms with van der Waals surface area (Å²) in [6.45, 7) is 16.9. The molecule has 2 heterocycles. The van der Waals surface area contributed by atoms with Crippen LogP contribution in [0.4, 0.5) is 0 Å². The fourth-order valence-electron chi connectivity index (χ4n) is 13.9. The Labute approximate surface area is 295 Å². The fraction of sp³-hybridized carbons (Fsp3) is 0.897. The second-order valence-corrected chi connectivity index (χ2v) is 19.0. The number of carboxylic acid groups (broad SMARTS) is 1. The highest BCUT2D eigenvalue weighted by atomic mass is 16.7. The van der Waals surface area contributed by atoms with Crippen molar-refractivity contribution < 1.29 is 53.1 Å². The molecule has 7 aliphatic rings. The predicted molar refractivity (Wildman–Crippen MR) is 178 cm³/mol. The Morgan fingerprint density at radius 3 is 2.08 bits per heavy atom. The third-order valence-electron chi connectivity index (χ3n) is 16.0. The molecule has 0 amide bonds. The van der Waals surface area contributed by atoms with Gasteiger partial charge >= 0.3 is 23.9 Å². The average molecular weight is 703 g/mol. The molecule has 0 aromatic rings. The largest absolute Gasteiger partial charge is 0.481 e. The highest BCUT2D eigenvalue weighted by Crippen LogP contribution is 2.90. The second-order valence-electron chi connectivity index (χ2n) is 19.0. The number of carboxylic acids is 1. The Morgan fingerprint density at radius 2 is 1.46 bits per heavy atom. The molecule has 7 rings (SSSR count). The van der Waals surface area contributed by atoms with Gasteiger partial charge in [-0.1, -0.05) is 27.7 Å². The summed E-state index contributed by atoms with van der Waals surface area (Å²) in [4.78, 5) is 50.2. The molecule has 2 saturated heterocycles. The first-order valence-electron chi connectivity index (χ1n) is 18.9. The molecule has 280 valence electrons. The number of rotatable bonds is 7. The van der Waals surface area contributed by atoms with Crippen LogP contribution in [0.15, 0.2) is 0 Å². The third kappa shape index (κ3) is 4.50. The van der Waals surface area contributed by atoms with E-state index in [-0.39, 0.29) is 40.6 Å². The Morgan fingerprint density at radius 1 is 0.840 bits per heavy atom. The number of ether oxygens (including phenoxy) is 5. The lowest BCUT2D eigenvalue weighted by atomic mass is 9.41. The maximum atomic E-state index is 13.0. The van der Waals surface area contributed by atoms with Gasteiger partial charge in [0, 0.05) is 42.4 Å². The van der Waals surface area contributed by atoms with E-state index in [0.717, 1.165) is 38.5 Å². The van der Waals surface area contributed by atoms with E-state index >= 15 is 0 Å². The van der Waals surface area contributed by atoms with E-state index < -0.39 is 69.8 Å². The zero-order valence-electron chi connectivity index (χ0n) is 31.4. The first kappa shape index (κ1) is 36.1. The minimum absolute atomic E-state index is 0.0242. The number of aliphatic carboxylic acids is 1. The minimum Gasteiger partial charge on any atom is -0.481 e. The van der Waals surface area contributed by atoms with E-state index in [9.17, 15) is 29.4 Å². The zero-order valence-corrected chi connectivity index (χ0v) is 31.4. The SMILES string of the molecule is CC(=O)OC1C(OC(C)=O)[C@@]2(C)C3CCC4C(C)(C)C(OC(=O)CC(C)C(=O)O)CC[C@@]45C[C@@]35CC[C@@]23CO[C@@]2(C(C)(C)O)CCC(C)(O2)[C@@H]13. The molecule has 0 radical (unpaired) electrons. The highest BCUT2D eigenvalue weighted by molar-refractivity contribution is 5.78. The van der Waals surface area contributed by atoms with Crippen molar-refractivity contribution in [3.63, 3.8) is 0 Å². The van der Waals surface area contributed by atoms with Crippen LogP contribution in [0.3, 0.4) is 0 Å². The van der Waals surface area contributed by atoms with Crippen LogP contribution in [0.1, 0.15) is 127 Å². The van der Waals surface area contributed by atoms with Crippen LogP contribution >= 0.6 is 0 Å². The molecule has 0 aromatic heterocycles. The summed E-state index contributed by atoms with van der Waals surface area (Å²) in [6, 6.07) is 0. The van der Waals surface area contributed by atoms with E-state index in [2.05, 4.69) is 27.7 Å². The van der Waals surface area contributed by atoms with Crippen LogP contribution in [0.2, 0.25) is 0 Å². The van der Waals surface area contributed by atoms with Crippen molar-refractivity contribution in [2.45, 2.75) is 162 Å². The Kier molecular flexibility index (Phi) is 7.88. The van der Waals surface area contributed by atoms with Crippen LogP contribution < -0.4 is 0 Å². The lowest BCUT2D eigenvalue weighted by Crippen LogP contribution is -2.63. The molecular weight excluding hydrogens is 644 g/mol. The van der Waals surface area contributed by atoms with Gasteiger partial charge in [-0.2, -0.15) is 0 Å². The maximum Gasteiger partial charge on any atom is 0.306 e. The smallest absolute Gasteiger partial charge is 0.306 e. The Bertz CT molecular complexity index is 1480. The molecular formula is C39H58O11. The van der Waals surface area contributed by atoms with Gasteiger partial charge < -0.3 is 33.9 Å². The molecule has 7 fully saturated rings. The van der Waals surface area contributed by atoms with Gasteiger partial charge in [0.15, 0.2) is 5.79 Å². The van der Waals surface area contributed by atoms with E-state index in [1.165, 1.54) is 20.8 Å². The summed E-state index contributed by atoms with van der Waals surface area (Å²) in [5.74, 6) is -4.22. The summed E-state index contributed by atoms with van der Waals surface area (Å²) in [7, 11) is 0. The molecule has 7 unspecified atom stereocenters.